The Morgan fingerprint density at radius 2 is 2.24 bits per heavy atom. The summed E-state index contributed by atoms with van der Waals surface area (Å²) in [5.41, 5.74) is 2.32. The zero-order valence-electron chi connectivity index (χ0n) is 10.0. The highest BCUT2D eigenvalue weighted by atomic mass is 32.1. The van der Waals surface area contributed by atoms with Gasteiger partial charge in [-0.25, -0.2) is 0 Å². The summed E-state index contributed by atoms with van der Waals surface area (Å²) in [4.78, 5) is 25.2. The molecule has 1 atom stereocenters. The number of nitrogens with zero attached hydrogens (tertiary/aromatic N) is 1. The van der Waals surface area contributed by atoms with Gasteiger partial charge in [-0.3, -0.25) is 9.59 Å². The molecule has 1 aliphatic heterocycles. The van der Waals surface area contributed by atoms with Crippen molar-refractivity contribution < 1.29 is 9.59 Å². The maximum Gasteiger partial charge on any atom is 0.243 e. The lowest BCUT2D eigenvalue weighted by Crippen LogP contribution is -2.57. The molecule has 0 aliphatic carbocycles. The topological polar surface area (TPSA) is 49.4 Å². The highest BCUT2D eigenvalue weighted by Crippen LogP contribution is 2.19. The minimum absolute atomic E-state index is 0.00190. The van der Waals surface area contributed by atoms with E-state index in [-0.39, 0.29) is 24.4 Å². The molecule has 0 bridgehead atoms. The van der Waals surface area contributed by atoms with E-state index in [0.29, 0.717) is 13.0 Å². The average Bonchev–Trinajstić information content (AvgIpc) is 2.70. The molecule has 5 heteroatoms. The Kier molecular flexibility index (Phi) is 3.47. The van der Waals surface area contributed by atoms with Crippen molar-refractivity contribution in [3.8, 4) is 0 Å². The monoisotopic (exact) mass is 252 g/mol. The summed E-state index contributed by atoms with van der Waals surface area (Å²) in [6.45, 7) is 4.62. The van der Waals surface area contributed by atoms with Crippen LogP contribution >= 0.6 is 11.3 Å². The second-order valence-corrected chi connectivity index (χ2v) is 4.99. The van der Waals surface area contributed by atoms with Crippen LogP contribution in [0.1, 0.15) is 24.5 Å². The van der Waals surface area contributed by atoms with Crippen LogP contribution in [0.15, 0.2) is 10.8 Å². The molecule has 4 nitrogen and oxygen atoms in total. The third-order valence-corrected chi connectivity index (χ3v) is 4.01. The Morgan fingerprint density at radius 3 is 2.82 bits per heavy atom. The van der Waals surface area contributed by atoms with Crippen LogP contribution in [0.3, 0.4) is 0 Å². The van der Waals surface area contributed by atoms with Gasteiger partial charge in [0, 0.05) is 6.54 Å². The zero-order chi connectivity index (χ0) is 12.4. The molecule has 1 aromatic rings. The maximum absolute atomic E-state index is 11.9. The quantitative estimate of drug-likeness (QED) is 0.881. The second kappa shape index (κ2) is 4.87. The number of aryl methyl sites for hydroxylation is 1. The van der Waals surface area contributed by atoms with Gasteiger partial charge in [0.15, 0.2) is 0 Å². The molecule has 1 aromatic heterocycles. The lowest BCUT2D eigenvalue weighted by molar-refractivity contribution is -0.146. The Labute approximate surface area is 105 Å². The Hall–Kier alpha value is -1.36. The average molecular weight is 252 g/mol. The fraction of sp³-hybridized carbons (Fsp3) is 0.500. The first-order valence-electron chi connectivity index (χ1n) is 5.72. The van der Waals surface area contributed by atoms with Crippen LogP contribution in [0.2, 0.25) is 0 Å². The second-order valence-electron chi connectivity index (χ2n) is 4.24. The van der Waals surface area contributed by atoms with E-state index in [1.165, 1.54) is 5.56 Å². The van der Waals surface area contributed by atoms with Gasteiger partial charge < -0.3 is 10.2 Å². The Balaban J connectivity index is 2.19. The normalized spacial score (nSPS) is 20.6. The van der Waals surface area contributed by atoms with Crippen molar-refractivity contribution in [3.63, 3.8) is 0 Å². The van der Waals surface area contributed by atoms with Crippen molar-refractivity contribution in [1.82, 2.24) is 10.2 Å². The minimum Gasteiger partial charge on any atom is -0.345 e. The number of carbonyl (C=O) groups excluding carboxylic acids is 2. The van der Waals surface area contributed by atoms with Crippen molar-refractivity contribution in [2.75, 3.05) is 6.54 Å². The van der Waals surface area contributed by atoms with Crippen molar-refractivity contribution in [1.29, 1.82) is 0 Å². The van der Waals surface area contributed by atoms with Gasteiger partial charge in [0.05, 0.1) is 6.54 Å². The Bertz CT molecular complexity index is 441. The van der Waals surface area contributed by atoms with E-state index in [2.05, 4.69) is 10.7 Å². The molecule has 17 heavy (non-hydrogen) atoms. The van der Waals surface area contributed by atoms with Gasteiger partial charge >= 0.3 is 0 Å². The fourth-order valence-corrected chi connectivity index (χ4v) is 2.88. The van der Waals surface area contributed by atoms with Crippen molar-refractivity contribution >= 4 is 23.2 Å². The molecule has 2 heterocycles. The molecule has 2 rings (SSSR count). The van der Waals surface area contributed by atoms with Gasteiger partial charge in [0.1, 0.15) is 6.04 Å². The van der Waals surface area contributed by atoms with E-state index < -0.39 is 0 Å². The number of carbonyl (C=O) groups is 2. The summed E-state index contributed by atoms with van der Waals surface area (Å²) in [5.74, 6) is -0.0398. The van der Waals surface area contributed by atoms with Crippen molar-refractivity contribution in [2.24, 2.45) is 0 Å². The van der Waals surface area contributed by atoms with Crippen LogP contribution < -0.4 is 5.32 Å². The molecule has 92 valence electrons. The highest BCUT2D eigenvalue weighted by molar-refractivity contribution is 7.08. The van der Waals surface area contributed by atoms with Crippen LogP contribution in [0, 0.1) is 6.92 Å². The number of amides is 2. The van der Waals surface area contributed by atoms with Crippen molar-refractivity contribution in [2.45, 2.75) is 32.9 Å². The summed E-state index contributed by atoms with van der Waals surface area (Å²) in [7, 11) is 0. The van der Waals surface area contributed by atoms with E-state index in [0.717, 1.165) is 5.56 Å². The van der Waals surface area contributed by atoms with E-state index in [1.807, 2.05) is 19.2 Å². The highest BCUT2D eigenvalue weighted by Gasteiger charge is 2.33. The molecular formula is C12H16N2O2S. The molecule has 2 amide bonds. The van der Waals surface area contributed by atoms with E-state index >= 15 is 0 Å². The van der Waals surface area contributed by atoms with Crippen LogP contribution in [-0.4, -0.2) is 29.3 Å². The number of hydrogen-bond acceptors (Lipinski definition) is 3. The van der Waals surface area contributed by atoms with E-state index in [1.54, 1.807) is 16.2 Å². The minimum atomic E-state index is -0.324. The molecular weight excluding hydrogens is 236 g/mol. The van der Waals surface area contributed by atoms with Crippen LogP contribution in [0.4, 0.5) is 0 Å². The number of piperazine rings is 1. The molecule has 1 aliphatic rings. The third-order valence-electron chi connectivity index (χ3n) is 3.10. The molecule has 0 radical (unpaired) electrons. The molecule has 1 saturated heterocycles. The van der Waals surface area contributed by atoms with Crippen LogP contribution in [-0.2, 0) is 16.1 Å². The molecule has 0 aromatic carbocycles. The van der Waals surface area contributed by atoms with Gasteiger partial charge in [-0.1, -0.05) is 6.92 Å². The molecule has 1 N–H and O–H groups in total. The standard InChI is InChI=1S/C12H16N2O2S/c1-3-10-12(16)13-4-11(15)14(10)5-9-7-17-6-8(9)2/h6-7,10H,3-5H2,1-2H3,(H,13,16). The van der Waals surface area contributed by atoms with Crippen LogP contribution in [0.5, 0.6) is 0 Å². The van der Waals surface area contributed by atoms with Gasteiger partial charge in [-0.2, -0.15) is 11.3 Å². The summed E-state index contributed by atoms with van der Waals surface area (Å²) >= 11 is 1.63. The molecule has 1 fully saturated rings. The lowest BCUT2D eigenvalue weighted by Gasteiger charge is -2.34. The number of nitrogens with one attached hydrogen (secondary N) is 1. The van der Waals surface area contributed by atoms with Gasteiger partial charge in [0.2, 0.25) is 11.8 Å². The summed E-state index contributed by atoms with van der Waals surface area (Å²) in [6.07, 6.45) is 0.654. The van der Waals surface area contributed by atoms with Crippen LogP contribution in [0.25, 0.3) is 0 Å². The first-order valence-corrected chi connectivity index (χ1v) is 6.66. The fourth-order valence-electron chi connectivity index (χ4n) is 2.03. The third kappa shape index (κ3) is 2.34. The number of hydrogen-bond donors (Lipinski definition) is 1. The lowest BCUT2D eigenvalue weighted by atomic mass is 10.1. The molecule has 0 saturated carbocycles. The predicted molar refractivity (Wildman–Crippen MR) is 66.7 cm³/mol. The first kappa shape index (κ1) is 12.1. The summed E-state index contributed by atoms with van der Waals surface area (Å²) < 4.78 is 0. The number of rotatable bonds is 3. The smallest absolute Gasteiger partial charge is 0.243 e. The van der Waals surface area contributed by atoms with E-state index in [4.69, 9.17) is 0 Å². The van der Waals surface area contributed by atoms with Crippen molar-refractivity contribution in [3.05, 3.63) is 21.9 Å². The number of thiophene rings is 1. The largest absolute Gasteiger partial charge is 0.345 e. The summed E-state index contributed by atoms with van der Waals surface area (Å²) in [5, 5.41) is 6.73. The zero-order valence-corrected chi connectivity index (χ0v) is 10.8. The predicted octanol–water partition coefficient (Wildman–Crippen LogP) is 1.29. The molecule has 0 spiro atoms. The Morgan fingerprint density at radius 1 is 1.47 bits per heavy atom. The molecule has 1 unspecified atom stereocenters. The maximum atomic E-state index is 11.9. The van der Waals surface area contributed by atoms with Gasteiger partial charge in [0.25, 0.3) is 0 Å². The SMILES string of the molecule is CCC1C(=O)NCC(=O)N1Cc1cscc1C. The van der Waals surface area contributed by atoms with Gasteiger partial charge in [-0.05, 0) is 35.2 Å². The first-order chi connectivity index (χ1) is 8.13. The van der Waals surface area contributed by atoms with E-state index in [9.17, 15) is 9.59 Å². The van der Waals surface area contributed by atoms with Gasteiger partial charge in [-0.15, -0.1) is 0 Å². The summed E-state index contributed by atoms with van der Waals surface area (Å²) in [6, 6.07) is -0.324.